The lowest BCUT2D eigenvalue weighted by atomic mass is 9.80. The van der Waals surface area contributed by atoms with E-state index in [0.29, 0.717) is 13.1 Å². The van der Waals surface area contributed by atoms with E-state index in [4.69, 9.17) is 0 Å². The molecule has 0 aromatic heterocycles. The average molecular weight is 360 g/mol. The number of likely N-dealkylation sites (N-methyl/N-ethyl adjacent to an activating group) is 2. The second-order valence-corrected chi connectivity index (χ2v) is 7.02. The van der Waals surface area contributed by atoms with Crippen molar-refractivity contribution >= 4 is 17.5 Å². The largest absolute Gasteiger partial charge is 0.363 e. The summed E-state index contributed by atoms with van der Waals surface area (Å²) in [6.07, 6.45) is 4.60. The zero-order valence-electron chi connectivity index (χ0n) is 16.5. The van der Waals surface area contributed by atoms with Gasteiger partial charge in [0.2, 0.25) is 11.8 Å². The minimum atomic E-state index is -0.725. The number of carbonyl (C=O) groups is 2. The predicted octanol–water partition coefficient (Wildman–Crippen LogP) is 3.20. The van der Waals surface area contributed by atoms with Crippen LogP contribution in [0.15, 0.2) is 30.3 Å². The number of para-hydroxylation sites is 1. The number of nitrogens with zero attached hydrogens (tertiary/aromatic N) is 2. The molecule has 0 bridgehead atoms. The third kappa shape index (κ3) is 4.77. The van der Waals surface area contributed by atoms with Crippen LogP contribution in [-0.2, 0) is 9.59 Å². The lowest BCUT2D eigenvalue weighted by molar-refractivity contribution is -0.143. The van der Waals surface area contributed by atoms with E-state index in [1.165, 1.54) is 0 Å². The van der Waals surface area contributed by atoms with Crippen LogP contribution in [0.2, 0.25) is 0 Å². The van der Waals surface area contributed by atoms with E-state index in [2.05, 4.69) is 5.32 Å². The third-order valence-electron chi connectivity index (χ3n) is 5.38. The van der Waals surface area contributed by atoms with Gasteiger partial charge in [-0.1, -0.05) is 37.5 Å². The molecule has 5 heteroatoms. The van der Waals surface area contributed by atoms with Gasteiger partial charge in [-0.15, -0.1) is 0 Å². The van der Waals surface area contributed by atoms with Gasteiger partial charge in [-0.25, -0.2) is 0 Å². The monoisotopic (exact) mass is 359 g/mol. The standard InChI is InChI=1S/C21H33N3O2/c1-4-23(5-2)20(26)21(15-11-8-12-16-21)22-19(25)17-24(6-3)18-13-9-7-10-14-18/h7,9-10,13-14H,4-6,8,11-12,15-17H2,1-3H3,(H,22,25). The molecule has 0 heterocycles. The van der Waals surface area contributed by atoms with Crippen LogP contribution in [0.3, 0.4) is 0 Å². The minimum absolute atomic E-state index is 0.0712. The first-order valence-electron chi connectivity index (χ1n) is 9.96. The van der Waals surface area contributed by atoms with Crippen LogP contribution in [0, 0.1) is 0 Å². The zero-order valence-corrected chi connectivity index (χ0v) is 16.5. The summed E-state index contributed by atoms with van der Waals surface area (Å²) >= 11 is 0. The topological polar surface area (TPSA) is 52.7 Å². The van der Waals surface area contributed by atoms with E-state index in [9.17, 15) is 9.59 Å². The lowest BCUT2D eigenvalue weighted by Crippen LogP contribution is -2.61. The van der Waals surface area contributed by atoms with E-state index in [0.717, 1.165) is 44.3 Å². The van der Waals surface area contributed by atoms with Gasteiger partial charge in [0.15, 0.2) is 0 Å². The van der Waals surface area contributed by atoms with Crippen LogP contribution < -0.4 is 10.2 Å². The Morgan fingerprint density at radius 2 is 1.58 bits per heavy atom. The number of anilines is 1. The Hall–Kier alpha value is -2.04. The van der Waals surface area contributed by atoms with E-state index < -0.39 is 5.54 Å². The average Bonchev–Trinajstić information content (AvgIpc) is 2.68. The molecular formula is C21H33N3O2. The molecule has 1 fully saturated rings. The SMILES string of the molecule is CCN(CC)C(=O)C1(NC(=O)CN(CC)c2ccccc2)CCCCC1. The highest BCUT2D eigenvalue weighted by molar-refractivity contribution is 5.93. The molecule has 0 spiro atoms. The van der Waals surface area contributed by atoms with E-state index in [1.54, 1.807) is 0 Å². The number of rotatable bonds is 8. The molecule has 1 aliphatic rings. The summed E-state index contributed by atoms with van der Waals surface area (Å²) in [7, 11) is 0. The summed E-state index contributed by atoms with van der Waals surface area (Å²) in [5.74, 6) is 0.0106. The molecule has 0 unspecified atom stereocenters. The molecule has 1 aromatic carbocycles. The smallest absolute Gasteiger partial charge is 0.248 e. The van der Waals surface area contributed by atoms with E-state index >= 15 is 0 Å². The van der Waals surface area contributed by atoms with Gasteiger partial charge >= 0.3 is 0 Å². The van der Waals surface area contributed by atoms with Crippen LogP contribution in [0.5, 0.6) is 0 Å². The molecular weight excluding hydrogens is 326 g/mol. The fourth-order valence-corrected chi connectivity index (χ4v) is 3.87. The molecule has 0 saturated heterocycles. The van der Waals surface area contributed by atoms with Crippen molar-refractivity contribution in [3.05, 3.63) is 30.3 Å². The first-order valence-corrected chi connectivity index (χ1v) is 9.96. The van der Waals surface area contributed by atoms with Crippen molar-refractivity contribution < 1.29 is 9.59 Å². The highest BCUT2D eigenvalue weighted by Crippen LogP contribution is 2.30. The molecule has 2 amide bonds. The lowest BCUT2D eigenvalue weighted by Gasteiger charge is -2.40. The van der Waals surface area contributed by atoms with Gasteiger partial charge in [0.25, 0.3) is 0 Å². The second-order valence-electron chi connectivity index (χ2n) is 7.02. The number of carbonyl (C=O) groups excluding carboxylic acids is 2. The normalized spacial score (nSPS) is 16.0. The van der Waals surface area contributed by atoms with Crippen molar-refractivity contribution in [2.75, 3.05) is 31.1 Å². The van der Waals surface area contributed by atoms with Gasteiger partial charge in [-0.05, 0) is 45.7 Å². The van der Waals surface area contributed by atoms with Gasteiger partial charge < -0.3 is 15.1 Å². The van der Waals surface area contributed by atoms with Crippen LogP contribution in [0.4, 0.5) is 5.69 Å². The minimum Gasteiger partial charge on any atom is -0.363 e. The number of hydrogen-bond donors (Lipinski definition) is 1. The van der Waals surface area contributed by atoms with E-state index in [-0.39, 0.29) is 18.4 Å². The van der Waals surface area contributed by atoms with Crippen molar-refractivity contribution in [1.82, 2.24) is 10.2 Å². The Labute approximate surface area is 157 Å². The van der Waals surface area contributed by atoms with E-state index in [1.807, 2.05) is 60.9 Å². The Morgan fingerprint density at radius 1 is 0.962 bits per heavy atom. The van der Waals surface area contributed by atoms with Gasteiger partial charge in [-0.3, -0.25) is 9.59 Å². The number of hydrogen-bond acceptors (Lipinski definition) is 3. The third-order valence-corrected chi connectivity index (χ3v) is 5.38. The van der Waals surface area contributed by atoms with Gasteiger partial charge in [0.05, 0.1) is 6.54 Å². The molecule has 0 aliphatic heterocycles. The summed E-state index contributed by atoms with van der Waals surface area (Å²) < 4.78 is 0. The summed E-state index contributed by atoms with van der Waals surface area (Å²) in [5.41, 5.74) is 0.301. The van der Waals surface area contributed by atoms with Crippen molar-refractivity contribution in [3.8, 4) is 0 Å². The number of amides is 2. The predicted molar refractivity (Wildman–Crippen MR) is 106 cm³/mol. The van der Waals surface area contributed by atoms with Crippen LogP contribution in [0.1, 0.15) is 52.9 Å². The summed E-state index contributed by atoms with van der Waals surface area (Å²) in [5, 5.41) is 3.14. The van der Waals surface area contributed by atoms with Crippen molar-refractivity contribution in [1.29, 1.82) is 0 Å². The van der Waals surface area contributed by atoms with Gasteiger partial charge in [-0.2, -0.15) is 0 Å². The Kier molecular flexibility index (Phi) is 7.49. The van der Waals surface area contributed by atoms with Crippen LogP contribution in [-0.4, -0.2) is 48.4 Å². The maximum atomic E-state index is 13.1. The van der Waals surface area contributed by atoms with Crippen LogP contribution >= 0.6 is 0 Å². The molecule has 26 heavy (non-hydrogen) atoms. The molecule has 0 radical (unpaired) electrons. The van der Waals surface area contributed by atoms with Crippen molar-refractivity contribution in [2.24, 2.45) is 0 Å². The first-order chi connectivity index (χ1) is 12.6. The molecule has 0 atom stereocenters. The molecule has 2 rings (SSSR count). The quantitative estimate of drug-likeness (QED) is 0.775. The molecule has 144 valence electrons. The molecule has 1 N–H and O–H groups in total. The first kappa shape index (κ1) is 20.3. The fourth-order valence-electron chi connectivity index (χ4n) is 3.87. The Bertz CT molecular complexity index is 578. The Balaban J connectivity index is 2.12. The van der Waals surface area contributed by atoms with Gasteiger partial charge in [0, 0.05) is 25.3 Å². The fraction of sp³-hybridized carbons (Fsp3) is 0.619. The summed E-state index contributed by atoms with van der Waals surface area (Å²) in [6.45, 7) is 8.40. The van der Waals surface area contributed by atoms with Crippen molar-refractivity contribution in [2.45, 2.75) is 58.4 Å². The highest BCUT2D eigenvalue weighted by Gasteiger charge is 2.42. The van der Waals surface area contributed by atoms with Gasteiger partial charge in [0.1, 0.15) is 5.54 Å². The summed E-state index contributed by atoms with van der Waals surface area (Å²) in [6, 6.07) is 9.93. The maximum absolute atomic E-state index is 13.1. The zero-order chi connectivity index (χ0) is 19.0. The number of benzene rings is 1. The summed E-state index contributed by atoms with van der Waals surface area (Å²) in [4.78, 5) is 29.9. The molecule has 1 aromatic rings. The maximum Gasteiger partial charge on any atom is 0.248 e. The van der Waals surface area contributed by atoms with Crippen molar-refractivity contribution in [3.63, 3.8) is 0 Å². The van der Waals surface area contributed by atoms with Crippen LogP contribution in [0.25, 0.3) is 0 Å². The molecule has 1 saturated carbocycles. The number of nitrogens with one attached hydrogen (secondary N) is 1. The highest BCUT2D eigenvalue weighted by atomic mass is 16.2. The molecule has 5 nitrogen and oxygen atoms in total. The second kappa shape index (κ2) is 9.60. The Morgan fingerprint density at radius 3 is 2.12 bits per heavy atom. The molecule has 1 aliphatic carbocycles.